The van der Waals surface area contributed by atoms with E-state index in [9.17, 15) is 0 Å². The lowest BCUT2D eigenvalue weighted by Crippen LogP contribution is -2.27. The van der Waals surface area contributed by atoms with E-state index in [4.69, 9.17) is 14.2 Å². The van der Waals surface area contributed by atoms with Crippen molar-refractivity contribution >= 4 is 7.92 Å². The van der Waals surface area contributed by atoms with Crippen molar-refractivity contribution in [3.05, 3.63) is 108 Å². The molecule has 0 unspecified atom stereocenters. The minimum absolute atomic E-state index is 0.361. The molecule has 34 heavy (non-hydrogen) atoms. The van der Waals surface area contributed by atoms with Gasteiger partial charge in [0.1, 0.15) is 0 Å². The summed E-state index contributed by atoms with van der Waals surface area (Å²) in [6.07, 6.45) is 0. The molecule has 0 heterocycles. The highest BCUT2D eigenvalue weighted by molar-refractivity contribution is 7.59. The van der Waals surface area contributed by atoms with Crippen LogP contribution in [0.4, 0.5) is 0 Å². The summed E-state index contributed by atoms with van der Waals surface area (Å²) in [6, 6.07) is 31.2. The summed E-state index contributed by atoms with van der Waals surface area (Å²) in [5, 5.41) is 0. The van der Waals surface area contributed by atoms with Crippen molar-refractivity contribution in [1.29, 1.82) is 0 Å². The van der Waals surface area contributed by atoms with E-state index in [1.807, 2.05) is 18.2 Å². The normalized spacial score (nSPS) is 14.1. The minimum atomic E-state index is -0.361. The summed E-state index contributed by atoms with van der Waals surface area (Å²) >= 11 is 0. The Balaban J connectivity index is 1.54. The van der Waals surface area contributed by atoms with Crippen LogP contribution in [0, 0.1) is 0 Å². The van der Waals surface area contributed by atoms with Crippen LogP contribution in [0.25, 0.3) is 0 Å². The number of rotatable bonds is 15. The van der Waals surface area contributed by atoms with Gasteiger partial charge in [0, 0.05) is 17.0 Å². The third-order valence-corrected chi connectivity index (χ3v) is 9.44. The maximum atomic E-state index is 6.14. The fourth-order valence-electron chi connectivity index (χ4n) is 4.33. The molecule has 3 aromatic carbocycles. The Labute approximate surface area is 207 Å². The molecule has 0 bridgehead atoms. The van der Waals surface area contributed by atoms with Crippen LogP contribution in [0.15, 0.2) is 91.0 Å². The smallest absolute Gasteiger partial charge is 0.0717 e. The summed E-state index contributed by atoms with van der Waals surface area (Å²) in [4.78, 5) is 0. The number of hydrogen-bond acceptors (Lipinski definition) is 3. The third kappa shape index (κ3) is 9.31. The highest BCUT2D eigenvalue weighted by Crippen LogP contribution is 2.51. The van der Waals surface area contributed by atoms with Gasteiger partial charge in [0.2, 0.25) is 0 Å². The molecule has 0 spiro atoms. The highest BCUT2D eigenvalue weighted by atomic mass is 31.1. The monoisotopic (exact) mass is 478 g/mol. The second-order valence-electron chi connectivity index (χ2n) is 9.00. The van der Waals surface area contributed by atoms with Gasteiger partial charge in [-0.3, -0.25) is 0 Å². The largest absolute Gasteiger partial charge is 0.376 e. The zero-order chi connectivity index (χ0) is 24.0. The lowest BCUT2D eigenvalue weighted by atomic mass is 10.2. The summed E-state index contributed by atoms with van der Waals surface area (Å²) in [7, 11) is -0.361. The van der Waals surface area contributed by atoms with Gasteiger partial charge in [0.25, 0.3) is 0 Å². The molecule has 0 aliphatic rings. The first kappa shape index (κ1) is 26.6. The number of ether oxygens (including phenoxy) is 3. The van der Waals surface area contributed by atoms with Crippen molar-refractivity contribution < 1.29 is 14.2 Å². The van der Waals surface area contributed by atoms with Gasteiger partial charge in [-0.1, -0.05) is 120 Å². The fraction of sp³-hybridized carbons (Fsp3) is 0.400. The zero-order valence-electron chi connectivity index (χ0n) is 20.8. The first-order chi connectivity index (χ1) is 16.6. The molecule has 0 amide bonds. The van der Waals surface area contributed by atoms with Gasteiger partial charge in [0.05, 0.1) is 39.6 Å². The molecule has 0 saturated carbocycles. The molecule has 0 saturated heterocycles. The fourth-order valence-corrected chi connectivity index (χ4v) is 7.77. The molecule has 4 heteroatoms. The van der Waals surface area contributed by atoms with Crippen LogP contribution >= 0.6 is 7.92 Å². The van der Waals surface area contributed by atoms with E-state index in [0.717, 1.165) is 19.8 Å². The Hall–Kier alpha value is -2.03. The predicted octanol–water partition coefficient (Wildman–Crippen LogP) is 7.28. The van der Waals surface area contributed by atoms with Crippen molar-refractivity contribution in [3.63, 3.8) is 0 Å². The molecule has 0 aromatic heterocycles. The van der Waals surface area contributed by atoms with Crippen LogP contribution in [0.5, 0.6) is 0 Å². The standard InChI is InChI=1S/C30H39O3P/c1-25(19-31-22-28-13-7-4-8-14-28)34(26(2)20-32-23-29-15-9-5-10-16-29)27(3)21-33-24-30-17-11-6-12-18-30/h4-18,25-27H,19-24H2,1-3H3/t25-,26-,27-/m1/s1. The Morgan fingerprint density at radius 3 is 1.00 bits per heavy atom. The van der Waals surface area contributed by atoms with Crippen molar-refractivity contribution in [2.45, 2.75) is 57.6 Å². The average molecular weight is 479 g/mol. The molecule has 3 aromatic rings. The molecule has 182 valence electrons. The predicted molar refractivity (Wildman–Crippen MR) is 144 cm³/mol. The highest BCUT2D eigenvalue weighted by Gasteiger charge is 2.29. The van der Waals surface area contributed by atoms with Crippen molar-refractivity contribution in [2.75, 3.05) is 19.8 Å². The molecule has 0 radical (unpaired) electrons. The van der Waals surface area contributed by atoms with Crippen molar-refractivity contribution in [3.8, 4) is 0 Å². The van der Waals surface area contributed by atoms with Gasteiger partial charge in [-0.2, -0.15) is 0 Å². The molecule has 0 aliphatic carbocycles. The Morgan fingerprint density at radius 1 is 0.471 bits per heavy atom. The van der Waals surface area contributed by atoms with E-state index in [2.05, 4.69) is 93.6 Å². The van der Waals surface area contributed by atoms with E-state index in [1.54, 1.807) is 0 Å². The lowest BCUT2D eigenvalue weighted by Gasteiger charge is -2.35. The topological polar surface area (TPSA) is 27.7 Å². The molecule has 3 nitrogen and oxygen atoms in total. The summed E-state index contributed by atoms with van der Waals surface area (Å²) < 4.78 is 18.4. The van der Waals surface area contributed by atoms with Crippen LogP contribution in [0.1, 0.15) is 37.5 Å². The van der Waals surface area contributed by atoms with Gasteiger partial charge in [-0.05, 0) is 16.7 Å². The van der Waals surface area contributed by atoms with E-state index in [0.29, 0.717) is 36.8 Å². The maximum absolute atomic E-state index is 6.14. The van der Waals surface area contributed by atoms with E-state index >= 15 is 0 Å². The van der Waals surface area contributed by atoms with Gasteiger partial charge in [-0.25, -0.2) is 0 Å². The van der Waals surface area contributed by atoms with Crippen LogP contribution < -0.4 is 0 Å². The van der Waals surface area contributed by atoms with Gasteiger partial charge >= 0.3 is 0 Å². The zero-order valence-corrected chi connectivity index (χ0v) is 21.7. The van der Waals surface area contributed by atoms with Crippen LogP contribution in [0.2, 0.25) is 0 Å². The van der Waals surface area contributed by atoms with Gasteiger partial charge in [-0.15, -0.1) is 0 Å². The summed E-state index contributed by atoms with van der Waals surface area (Å²) in [6.45, 7) is 11.2. The Kier molecular flexibility index (Phi) is 11.8. The SMILES string of the molecule is C[C@H](COCc1ccccc1)P([C@H](C)COCc1ccccc1)[C@H](C)COCc1ccccc1. The first-order valence-electron chi connectivity index (χ1n) is 12.3. The number of benzene rings is 3. The van der Waals surface area contributed by atoms with Crippen LogP contribution in [-0.2, 0) is 34.0 Å². The molecule has 3 atom stereocenters. The second kappa shape index (κ2) is 15.1. The van der Waals surface area contributed by atoms with Crippen LogP contribution in [-0.4, -0.2) is 36.8 Å². The van der Waals surface area contributed by atoms with E-state index in [1.165, 1.54) is 16.7 Å². The molecule has 0 N–H and O–H groups in total. The van der Waals surface area contributed by atoms with Crippen molar-refractivity contribution in [1.82, 2.24) is 0 Å². The van der Waals surface area contributed by atoms with Gasteiger partial charge < -0.3 is 14.2 Å². The Bertz CT molecular complexity index is 782. The van der Waals surface area contributed by atoms with Crippen molar-refractivity contribution in [2.24, 2.45) is 0 Å². The molecular weight excluding hydrogens is 439 g/mol. The summed E-state index contributed by atoms with van der Waals surface area (Å²) in [5.41, 5.74) is 5.05. The Morgan fingerprint density at radius 2 is 0.735 bits per heavy atom. The van der Waals surface area contributed by atoms with E-state index in [-0.39, 0.29) is 7.92 Å². The second-order valence-corrected chi connectivity index (χ2v) is 12.5. The average Bonchev–Trinajstić information content (AvgIpc) is 2.86. The minimum Gasteiger partial charge on any atom is -0.376 e. The molecule has 0 aliphatic heterocycles. The molecule has 0 fully saturated rings. The third-order valence-electron chi connectivity index (χ3n) is 5.94. The first-order valence-corrected chi connectivity index (χ1v) is 13.8. The summed E-state index contributed by atoms with van der Waals surface area (Å²) in [5.74, 6) is 0. The quantitative estimate of drug-likeness (QED) is 0.215. The molecule has 3 rings (SSSR count). The van der Waals surface area contributed by atoms with Gasteiger partial charge in [0.15, 0.2) is 0 Å². The van der Waals surface area contributed by atoms with E-state index < -0.39 is 0 Å². The molecular formula is C30H39O3P. The lowest BCUT2D eigenvalue weighted by molar-refractivity contribution is 0.113. The maximum Gasteiger partial charge on any atom is 0.0717 e. The van der Waals surface area contributed by atoms with Crippen LogP contribution in [0.3, 0.4) is 0 Å². The number of hydrogen-bond donors (Lipinski definition) is 0.